The van der Waals surface area contributed by atoms with Crippen LogP contribution in [-0.4, -0.2) is 56.6 Å². The molecular formula is C24H30O9. The molecule has 9 heteroatoms. The normalized spacial score (nSPS) is 25.6. The fraction of sp³-hybridized carbons (Fsp3) is 0.625. The van der Waals surface area contributed by atoms with Gasteiger partial charge in [0.25, 0.3) is 0 Å². The van der Waals surface area contributed by atoms with Crippen molar-refractivity contribution in [3.63, 3.8) is 0 Å². The summed E-state index contributed by atoms with van der Waals surface area (Å²) >= 11 is 0. The van der Waals surface area contributed by atoms with Crippen molar-refractivity contribution in [3.05, 3.63) is 34.9 Å². The lowest BCUT2D eigenvalue weighted by Gasteiger charge is -2.24. The third-order valence-corrected chi connectivity index (χ3v) is 5.77. The molecule has 9 nitrogen and oxygen atoms in total. The summed E-state index contributed by atoms with van der Waals surface area (Å²) in [4.78, 5) is 38.4. The van der Waals surface area contributed by atoms with Gasteiger partial charge in [-0.1, -0.05) is 0 Å². The van der Waals surface area contributed by atoms with Crippen molar-refractivity contribution >= 4 is 17.9 Å². The number of carbonyl (C=O) groups excluding carboxylic acids is 3. The molecule has 0 amide bonds. The Hall–Kier alpha value is -2.49. The van der Waals surface area contributed by atoms with E-state index in [0.29, 0.717) is 39.1 Å². The minimum Gasteiger partial charge on any atom is -0.432 e. The number of benzene rings is 1. The Morgan fingerprint density at radius 1 is 0.545 bits per heavy atom. The second-order valence-electron chi connectivity index (χ2n) is 8.40. The van der Waals surface area contributed by atoms with Crippen LogP contribution >= 0.6 is 0 Å². The minimum atomic E-state index is -0.687. The number of esters is 3. The first-order valence-electron chi connectivity index (χ1n) is 11.7. The average Bonchev–Trinajstić information content (AvgIpc) is 2.85. The highest BCUT2D eigenvalue weighted by Gasteiger charge is 2.26. The van der Waals surface area contributed by atoms with Crippen molar-refractivity contribution < 1.29 is 42.8 Å². The predicted octanol–water partition coefficient (Wildman–Crippen LogP) is 3.74. The van der Waals surface area contributed by atoms with Crippen molar-refractivity contribution in [2.75, 3.05) is 19.8 Å². The van der Waals surface area contributed by atoms with Crippen LogP contribution in [-0.2, 0) is 28.4 Å². The maximum atomic E-state index is 12.8. The lowest BCUT2D eigenvalue weighted by atomic mass is 10.1. The van der Waals surface area contributed by atoms with Gasteiger partial charge in [0, 0.05) is 19.3 Å². The molecule has 33 heavy (non-hydrogen) atoms. The molecule has 1 aromatic carbocycles. The standard InChI is InChI=1S/C24H30O9/c25-22(31-19-7-1-4-10-28-19)16-13-17(23(26)32-20-8-2-5-11-29-20)15-18(14-16)24(27)33-21-9-3-6-12-30-21/h13-15,19-21H,1-12H2. The molecule has 3 aliphatic rings. The minimum absolute atomic E-state index is 0.0414. The molecule has 0 aromatic heterocycles. The van der Waals surface area contributed by atoms with Gasteiger partial charge in [-0.25, -0.2) is 14.4 Å². The van der Waals surface area contributed by atoms with Gasteiger partial charge < -0.3 is 28.4 Å². The Morgan fingerprint density at radius 2 is 0.848 bits per heavy atom. The first-order valence-corrected chi connectivity index (χ1v) is 11.7. The quantitative estimate of drug-likeness (QED) is 0.461. The van der Waals surface area contributed by atoms with Crippen LogP contribution in [0.2, 0.25) is 0 Å². The summed E-state index contributed by atoms with van der Waals surface area (Å²) in [6.45, 7) is 1.56. The van der Waals surface area contributed by atoms with Crippen LogP contribution in [0.3, 0.4) is 0 Å². The third-order valence-electron chi connectivity index (χ3n) is 5.77. The van der Waals surface area contributed by atoms with Gasteiger partial charge in [-0.3, -0.25) is 0 Å². The molecule has 0 N–H and O–H groups in total. The summed E-state index contributed by atoms with van der Waals surface area (Å²) in [7, 11) is 0. The second kappa shape index (κ2) is 11.6. The van der Waals surface area contributed by atoms with Crippen LogP contribution in [0.25, 0.3) is 0 Å². The van der Waals surface area contributed by atoms with Crippen molar-refractivity contribution in [1.82, 2.24) is 0 Å². The average molecular weight is 462 g/mol. The molecule has 4 rings (SSSR count). The summed E-state index contributed by atoms with van der Waals surface area (Å²) in [5.74, 6) is -2.06. The molecule has 3 atom stereocenters. The van der Waals surface area contributed by atoms with Crippen molar-refractivity contribution in [2.45, 2.75) is 76.7 Å². The van der Waals surface area contributed by atoms with Gasteiger partial charge in [0.2, 0.25) is 18.9 Å². The smallest absolute Gasteiger partial charge is 0.340 e. The molecule has 3 aliphatic heterocycles. The summed E-state index contributed by atoms with van der Waals surface area (Å²) < 4.78 is 32.7. The summed E-state index contributed by atoms with van der Waals surface area (Å²) in [5.41, 5.74) is 0.124. The Balaban J connectivity index is 1.52. The number of carbonyl (C=O) groups is 3. The monoisotopic (exact) mass is 462 g/mol. The highest BCUT2D eigenvalue weighted by Crippen LogP contribution is 2.22. The van der Waals surface area contributed by atoms with E-state index in [1.54, 1.807) is 0 Å². The van der Waals surface area contributed by atoms with Gasteiger partial charge in [0.1, 0.15) is 0 Å². The van der Waals surface area contributed by atoms with E-state index in [2.05, 4.69) is 0 Å². The molecule has 0 aliphatic carbocycles. The number of hydrogen-bond donors (Lipinski definition) is 0. The van der Waals surface area contributed by atoms with E-state index in [0.717, 1.165) is 38.5 Å². The van der Waals surface area contributed by atoms with E-state index in [1.165, 1.54) is 18.2 Å². The molecule has 180 valence electrons. The lowest BCUT2D eigenvalue weighted by molar-refractivity contribution is -0.131. The van der Waals surface area contributed by atoms with E-state index in [9.17, 15) is 14.4 Å². The van der Waals surface area contributed by atoms with E-state index < -0.39 is 36.8 Å². The van der Waals surface area contributed by atoms with Crippen LogP contribution in [0.15, 0.2) is 18.2 Å². The second-order valence-corrected chi connectivity index (χ2v) is 8.40. The molecule has 0 bridgehead atoms. The Labute approximate surface area is 192 Å². The zero-order chi connectivity index (χ0) is 23.0. The largest absolute Gasteiger partial charge is 0.432 e. The molecular weight excluding hydrogens is 432 g/mol. The number of ether oxygens (including phenoxy) is 6. The van der Waals surface area contributed by atoms with E-state index >= 15 is 0 Å². The van der Waals surface area contributed by atoms with Crippen molar-refractivity contribution in [1.29, 1.82) is 0 Å². The summed E-state index contributed by atoms with van der Waals surface area (Å²) in [6, 6.07) is 4.05. The maximum absolute atomic E-state index is 12.8. The van der Waals surface area contributed by atoms with Crippen molar-refractivity contribution in [2.24, 2.45) is 0 Å². The SMILES string of the molecule is O=C(OC1CCCCO1)c1cc(C(=O)OC2CCCCO2)cc(C(=O)OC2CCCCO2)c1. The van der Waals surface area contributed by atoms with E-state index in [-0.39, 0.29) is 16.7 Å². The molecule has 3 saturated heterocycles. The molecule has 3 unspecified atom stereocenters. The topological polar surface area (TPSA) is 107 Å². The van der Waals surface area contributed by atoms with Crippen LogP contribution in [0, 0.1) is 0 Å². The predicted molar refractivity (Wildman–Crippen MR) is 113 cm³/mol. The fourth-order valence-corrected chi connectivity index (χ4v) is 3.96. The van der Waals surface area contributed by atoms with Gasteiger partial charge in [-0.05, 0) is 56.7 Å². The van der Waals surface area contributed by atoms with Gasteiger partial charge in [-0.2, -0.15) is 0 Å². The highest BCUT2D eigenvalue weighted by molar-refractivity contribution is 6.00. The summed E-state index contributed by atoms with van der Waals surface area (Å²) in [5, 5.41) is 0. The first-order chi connectivity index (χ1) is 16.1. The zero-order valence-electron chi connectivity index (χ0n) is 18.6. The summed E-state index contributed by atoms with van der Waals surface area (Å²) in [6.07, 6.45) is 5.27. The Morgan fingerprint density at radius 3 is 1.09 bits per heavy atom. The maximum Gasteiger partial charge on any atom is 0.340 e. The van der Waals surface area contributed by atoms with Crippen LogP contribution in [0.1, 0.15) is 88.9 Å². The van der Waals surface area contributed by atoms with Gasteiger partial charge >= 0.3 is 17.9 Å². The highest BCUT2D eigenvalue weighted by atomic mass is 16.7. The van der Waals surface area contributed by atoms with Crippen LogP contribution in [0.5, 0.6) is 0 Å². The molecule has 1 aromatic rings. The van der Waals surface area contributed by atoms with Gasteiger partial charge in [0.15, 0.2) is 0 Å². The van der Waals surface area contributed by atoms with Crippen LogP contribution < -0.4 is 0 Å². The zero-order valence-corrected chi connectivity index (χ0v) is 18.6. The fourth-order valence-electron chi connectivity index (χ4n) is 3.96. The lowest BCUT2D eigenvalue weighted by Crippen LogP contribution is -2.27. The first kappa shape index (κ1) is 23.7. The van der Waals surface area contributed by atoms with Gasteiger partial charge in [-0.15, -0.1) is 0 Å². The van der Waals surface area contributed by atoms with Crippen LogP contribution in [0.4, 0.5) is 0 Å². The Kier molecular flexibility index (Phi) is 8.30. The Bertz CT molecular complexity index is 713. The van der Waals surface area contributed by atoms with Gasteiger partial charge in [0.05, 0.1) is 36.5 Å². The molecule has 3 heterocycles. The molecule has 0 saturated carbocycles. The number of rotatable bonds is 6. The number of hydrogen-bond acceptors (Lipinski definition) is 9. The molecule has 3 fully saturated rings. The van der Waals surface area contributed by atoms with E-state index in [4.69, 9.17) is 28.4 Å². The molecule has 0 radical (unpaired) electrons. The molecule has 0 spiro atoms. The van der Waals surface area contributed by atoms with Crippen molar-refractivity contribution in [3.8, 4) is 0 Å². The van der Waals surface area contributed by atoms with E-state index in [1.807, 2.05) is 0 Å². The third kappa shape index (κ3) is 6.75.